The molecule has 0 aliphatic heterocycles. The summed E-state index contributed by atoms with van der Waals surface area (Å²) >= 11 is 0. The van der Waals surface area contributed by atoms with Gasteiger partial charge in [0.15, 0.2) is 11.5 Å². The maximum absolute atomic E-state index is 11.8. The minimum atomic E-state index is -4.19. The molecule has 0 atom stereocenters. The molecular formula is C10H11F3O2. The molecule has 0 saturated heterocycles. The van der Waals surface area contributed by atoms with Crippen molar-refractivity contribution in [1.82, 2.24) is 0 Å². The van der Waals surface area contributed by atoms with Gasteiger partial charge >= 0.3 is 6.18 Å². The monoisotopic (exact) mass is 220 g/mol. The van der Waals surface area contributed by atoms with E-state index in [9.17, 15) is 13.2 Å². The summed E-state index contributed by atoms with van der Waals surface area (Å²) in [4.78, 5) is 0. The SMILES string of the molecule is COc1ccccc1OCCC(F)(F)F. The van der Waals surface area contributed by atoms with Gasteiger partial charge in [-0.25, -0.2) is 0 Å². The number of alkyl halides is 3. The normalized spacial score (nSPS) is 11.2. The Morgan fingerprint density at radius 1 is 1.13 bits per heavy atom. The molecule has 0 spiro atoms. The molecule has 0 radical (unpaired) electrons. The predicted octanol–water partition coefficient (Wildman–Crippen LogP) is 3.03. The fourth-order valence-corrected chi connectivity index (χ4v) is 1.01. The second kappa shape index (κ2) is 4.91. The Labute approximate surface area is 85.6 Å². The number of hydrogen-bond acceptors (Lipinski definition) is 2. The summed E-state index contributed by atoms with van der Waals surface area (Å²) in [5.41, 5.74) is 0. The maximum atomic E-state index is 11.8. The summed E-state index contributed by atoms with van der Waals surface area (Å²) < 4.78 is 45.4. The number of para-hydroxylation sites is 2. The van der Waals surface area contributed by atoms with Gasteiger partial charge in [0.25, 0.3) is 0 Å². The zero-order chi connectivity index (χ0) is 11.3. The minimum Gasteiger partial charge on any atom is -0.493 e. The van der Waals surface area contributed by atoms with Crippen molar-refractivity contribution in [2.24, 2.45) is 0 Å². The van der Waals surface area contributed by atoms with Crippen LogP contribution in [0.2, 0.25) is 0 Å². The highest BCUT2D eigenvalue weighted by molar-refractivity contribution is 5.39. The molecule has 15 heavy (non-hydrogen) atoms. The smallest absolute Gasteiger partial charge is 0.392 e. The molecule has 0 aromatic heterocycles. The molecule has 1 aromatic carbocycles. The fourth-order valence-electron chi connectivity index (χ4n) is 1.01. The van der Waals surface area contributed by atoms with Crippen LogP contribution < -0.4 is 9.47 Å². The molecular weight excluding hydrogens is 209 g/mol. The third-order valence-electron chi connectivity index (χ3n) is 1.71. The average molecular weight is 220 g/mol. The summed E-state index contributed by atoms with van der Waals surface area (Å²) in [5.74, 6) is 0.754. The molecule has 0 bridgehead atoms. The van der Waals surface area contributed by atoms with Crippen molar-refractivity contribution in [3.05, 3.63) is 24.3 Å². The summed E-state index contributed by atoms with van der Waals surface area (Å²) in [5, 5.41) is 0. The van der Waals surface area contributed by atoms with Gasteiger partial charge in [-0.05, 0) is 12.1 Å². The van der Waals surface area contributed by atoms with Gasteiger partial charge in [-0.15, -0.1) is 0 Å². The number of ether oxygens (including phenoxy) is 2. The second-order valence-corrected chi connectivity index (χ2v) is 2.86. The molecule has 2 nitrogen and oxygen atoms in total. The molecule has 0 heterocycles. The quantitative estimate of drug-likeness (QED) is 0.776. The van der Waals surface area contributed by atoms with E-state index in [4.69, 9.17) is 9.47 Å². The van der Waals surface area contributed by atoms with Crippen molar-refractivity contribution in [3.63, 3.8) is 0 Å². The molecule has 0 fully saturated rings. The molecule has 84 valence electrons. The van der Waals surface area contributed by atoms with Crippen molar-refractivity contribution in [3.8, 4) is 11.5 Å². The molecule has 0 aliphatic carbocycles. The lowest BCUT2D eigenvalue weighted by Gasteiger charge is -2.11. The van der Waals surface area contributed by atoms with Crippen LogP contribution in [0.15, 0.2) is 24.3 Å². The van der Waals surface area contributed by atoms with Crippen LogP contribution in [0.1, 0.15) is 6.42 Å². The van der Waals surface area contributed by atoms with Gasteiger partial charge in [0.05, 0.1) is 20.1 Å². The van der Waals surface area contributed by atoms with Gasteiger partial charge in [-0.1, -0.05) is 12.1 Å². The maximum Gasteiger partial charge on any atom is 0.392 e. The van der Waals surface area contributed by atoms with Crippen molar-refractivity contribution in [2.45, 2.75) is 12.6 Å². The zero-order valence-electron chi connectivity index (χ0n) is 8.17. The first-order valence-electron chi connectivity index (χ1n) is 4.35. The van der Waals surface area contributed by atoms with Crippen LogP contribution in [0.25, 0.3) is 0 Å². The first kappa shape index (κ1) is 11.7. The lowest BCUT2D eigenvalue weighted by molar-refractivity contribution is -0.139. The Morgan fingerprint density at radius 2 is 1.73 bits per heavy atom. The van der Waals surface area contributed by atoms with E-state index in [1.54, 1.807) is 24.3 Å². The molecule has 1 rings (SSSR count). The van der Waals surface area contributed by atoms with Crippen LogP contribution in [0.4, 0.5) is 13.2 Å². The predicted molar refractivity (Wildman–Crippen MR) is 49.2 cm³/mol. The van der Waals surface area contributed by atoms with Crippen molar-refractivity contribution in [1.29, 1.82) is 0 Å². The summed E-state index contributed by atoms with van der Waals surface area (Å²) in [6.45, 7) is -0.399. The Balaban J connectivity index is 2.50. The van der Waals surface area contributed by atoms with Crippen LogP contribution in [0.3, 0.4) is 0 Å². The third kappa shape index (κ3) is 4.10. The molecule has 0 unspecified atom stereocenters. The fraction of sp³-hybridized carbons (Fsp3) is 0.400. The van der Waals surface area contributed by atoms with Crippen LogP contribution in [0, 0.1) is 0 Å². The van der Waals surface area contributed by atoms with Crippen LogP contribution in [-0.2, 0) is 0 Å². The molecule has 5 heteroatoms. The average Bonchev–Trinajstić information content (AvgIpc) is 2.16. The topological polar surface area (TPSA) is 18.5 Å². The van der Waals surface area contributed by atoms with E-state index in [1.807, 2.05) is 0 Å². The highest BCUT2D eigenvalue weighted by Gasteiger charge is 2.26. The Hall–Kier alpha value is -1.39. The summed E-state index contributed by atoms with van der Waals surface area (Å²) in [6.07, 6.45) is -5.16. The van der Waals surface area contributed by atoms with E-state index in [0.29, 0.717) is 11.5 Å². The number of benzene rings is 1. The Morgan fingerprint density at radius 3 is 2.27 bits per heavy atom. The molecule has 1 aromatic rings. The minimum absolute atomic E-state index is 0.323. The number of rotatable bonds is 4. The Bertz CT molecular complexity index is 310. The second-order valence-electron chi connectivity index (χ2n) is 2.86. The number of halogens is 3. The largest absolute Gasteiger partial charge is 0.493 e. The zero-order valence-corrected chi connectivity index (χ0v) is 8.17. The van der Waals surface area contributed by atoms with Crippen LogP contribution in [-0.4, -0.2) is 19.9 Å². The lowest BCUT2D eigenvalue weighted by atomic mass is 10.3. The van der Waals surface area contributed by atoms with Crippen LogP contribution in [0.5, 0.6) is 11.5 Å². The lowest BCUT2D eigenvalue weighted by Crippen LogP contribution is -2.13. The number of hydrogen-bond donors (Lipinski definition) is 0. The van der Waals surface area contributed by atoms with Crippen LogP contribution >= 0.6 is 0 Å². The van der Waals surface area contributed by atoms with Gasteiger partial charge in [0.2, 0.25) is 0 Å². The van der Waals surface area contributed by atoms with Gasteiger partial charge in [-0.3, -0.25) is 0 Å². The van der Waals surface area contributed by atoms with Crippen molar-refractivity contribution < 1.29 is 22.6 Å². The van der Waals surface area contributed by atoms with E-state index in [2.05, 4.69) is 0 Å². The molecule has 0 amide bonds. The van der Waals surface area contributed by atoms with E-state index in [-0.39, 0.29) is 0 Å². The van der Waals surface area contributed by atoms with E-state index < -0.39 is 19.2 Å². The van der Waals surface area contributed by atoms with Gasteiger partial charge < -0.3 is 9.47 Å². The summed E-state index contributed by atoms with van der Waals surface area (Å²) in [6, 6.07) is 6.58. The molecule has 0 saturated carbocycles. The van der Waals surface area contributed by atoms with Gasteiger partial charge in [0.1, 0.15) is 0 Å². The molecule has 0 aliphatic rings. The number of methoxy groups -OCH3 is 1. The Kier molecular flexibility index (Phi) is 3.82. The van der Waals surface area contributed by atoms with E-state index in [0.717, 1.165) is 0 Å². The van der Waals surface area contributed by atoms with E-state index in [1.165, 1.54) is 7.11 Å². The van der Waals surface area contributed by atoms with Gasteiger partial charge in [-0.2, -0.15) is 13.2 Å². The highest BCUT2D eigenvalue weighted by atomic mass is 19.4. The van der Waals surface area contributed by atoms with Crippen molar-refractivity contribution in [2.75, 3.05) is 13.7 Å². The van der Waals surface area contributed by atoms with E-state index >= 15 is 0 Å². The molecule has 0 N–H and O–H groups in total. The third-order valence-corrected chi connectivity index (χ3v) is 1.71. The van der Waals surface area contributed by atoms with Gasteiger partial charge in [0, 0.05) is 0 Å². The summed E-state index contributed by atoms with van der Waals surface area (Å²) in [7, 11) is 1.44. The first-order valence-corrected chi connectivity index (χ1v) is 4.35. The highest BCUT2D eigenvalue weighted by Crippen LogP contribution is 2.27. The standard InChI is InChI=1S/C10H11F3O2/c1-14-8-4-2-3-5-9(8)15-7-6-10(11,12)13/h2-5H,6-7H2,1H3. The first-order chi connectivity index (χ1) is 7.03. The van der Waals surface area contributed by atoms with Crippen molar-refractivity contribution >= 4 is 0 Å².